The SMILES string of the molecule is COc1ccc(N2CC[NH+](CC(=O)NN)CC2)cc1. The molecule has 0 spiro atoms. The highest BCUT2D eigenvalue weighted by molar-refractivity contribution is 5.76. The third-order valence-electron chi connectivity index (χ3n) is 3.48. The lowest BCUT2D eigenvalue weighted by Crippen LogP contribution is -3.16. The van der Waals surface area contributed by atoms with Crippen LogP contribution in [0.1, 0.15) is 0 Å². The quantitative estimate of drug-likeness (QED) is 0.348. The van der Waals surface area contributed by atoms with Gasteiger partial charge in [-0.15, -0.1) is 0 Å². The first-order chi connectivity index (χ1) is 9.22. The first kappa shape index (κ1) is 13.6. The molecule has 1 saturated heterocycles. The third-order valence-corrected chi connectivity index (χ3v) is 3.48. The molecule has 0 aromatic heterocycles. The summed E-state index contributed by atoms with van der Waals surface area (Å²) in [5.41, 5.74) is 3.38. The summed E-state index contributed by atoms with van der Waals surface area (Å²) >= 11 is 0. The maximum absolute atomic E-state index is 11.2. The van der Waals surface area contributed by atoms with E-state index in [0.717, 1.165) is 31.9 Å². The average Bonchev–Trinajstić information content (AvgIpc) is 2.48. The van der Waals surface area contributed by atoms with Gasteiger partial charge in [0.15, 0.2) is 6.54 Å². The highest BCUT2D eigenvalue weighted by Gasteiger charge is 2.21. The van der Waals surface area contributed by atoms with Gasteiger partial charge in [-0.05, 0) is 24.3 Å². The zero-order valence-electron chi connectivity index (χ0n) is 11.2. The average molecular weight is 265 g/mol. The van der Waals surface area contributed by atoms with Gasteiger partial charge in [-0.2, -0.15) is 0 Å². The van der Waals surface area contributed by atoms with E-state index in [4.69, 9.17) is 10.6 Å². The van der Waals surface area contributed by atoms with Crippen molar-refractivity contribution in [1.82, 2.24) is 5.43 Å². The Hall–Kier alpha value is -1.79. The largest absolute Gasteiger partial charge is 0.497 e. The number of benzene rings is 1. The van der Waals surface area contributed by atoms with Gasteiger partial charge < -0.3 is 14.5 Å². The Morgan fingerprint density at radius 3 is 2.53 bits per heavy atom. The topological polar surface area (TPSA) is 72.0 Å². The van der Waals surface area contributed by atoms with Crippen LogP contribution in [-0.2, 0) is 4.79 Å². The van der Waals surface area contributed by atoms with Crippen LogP contribution in [0, 0.1) is 0 Å². The van der Waals surface area contributed by atoms with E-state index in [1.165, 1.54) is 10.6 Å². The minimum atomic E-state index is -0.104. The van der Waals surface area contributed by atoms with Crippen molar-refractivity contribution in [2.24, 2.45) is 5.84 Å². The zero-order valence-corrected chi connectivity index (χ0v) is 11.2. The van der Waals surface area contributed by atoms with Crippen molar-refractivity contribution < 1.29 is 14.4 Å². The molecule has 104 valence electrons. The number of rotatable bonds is 4. The van der Waals surface area contributed by atoms with Crippen LogP contribution in [0.2, 0.25) is 0 Å². The summed E-state index contributed by atoms with van der Waals surface area (Å²) in [5, 5.41) is 0. The molecule has 1 aliphatic rings. The number of anilines is 1. The first-order valence-electron chi connectivity index (χ1n) is 6.45. The summed E-state index contributed by atoms with van der Waals surface area (Å²) in [6.45, 7) is 4.23. The number of methoxy groups -OCH3 is 1. The number of quaternary nitrogens is 1. The van der Waals surface area contributed by atoms with Gasteiger partial charge in [0, 0.05) is 5.69 Å². The number of piperazine rings is 1. The molecular weight excluding hydrogens is 244 g/mol. The van der Waals surface area contributed by atoms with E-state index in [-0.39, 0.29) is 5.91 Å². The number of carbonyl (C=O) groups excluding carboxylic acids is 1. The molecule has 0 bridgehead atoms. The van der Waals surface area contributed by atoms with Crippen LogP contribution < -0.4 is 25.8 Å². The van der Waals surface area contributed by atoms with Crippen LogP contribution in [0.5, 0.6) is 5.75 Å². The maximum atomic E-state index is 11.2. The fourth-order valence-electron chi connectivity index (χ4n) is 2.33. The molecule has 4 N–H and O–H groups in total. The Labute approximate surface area is 113 Å². The maximum Gasteiger partial charge on any atom is 0.289 e. The number of amides is 1. The molecule has 19 heavy (non-hydrogen) atoms. The predicted octanol–water partition coefficient (Wildman–Crippen LogP) is -1.61. The van der Waals surface area contributed by atoms with E-state index in [0.29, 0.717) is 6.54 Å². The van der Waals surface area contributed by atoms with E-state index in [2.05, 4.69) is 22.5 Å². The number of nitrogens with one attached hydrogen (secondary N) is 2. The minimum Gasteiger partial charge on any atom is -0.497 e. The van der Waals surface area contributed by atoms with Crippen molar-refractivity contribution >= 4 is 11.6 Å². The molecule has 1 aliphatic heterocycles. The lowest BCUT2D eigenvalue weighted by Gasteiger charge is -2.33. The number of hydrazine groups is 1. The van der Waals surface area contributed by atoms with Gasteiger partial charge >= 0.3 is 0 Å². The van der Waals surface area contributed by atoms with Gasteiger partial charge in [0.1, 0.15) is 5.75 Å². The molecule has 2 rings (SSSR count). The Morgan fingerprint density at radius 1 is 1.37 bits per heavy atom. The summed E-state index contributed by atoms with van der Waals surface area (Å²) < 4.78 is 5.15. The van der Waals surface area contributed by atoms with Crippen molar-refractivity contribution in [2.45, 2.75) is 0 Å². The number of nitrogens with two attached hydrogens (primary N) is 1. The van der Waals surface area contributed by atoms with Crippen LogP contribution in [0.4, 0.5) is 5.69 Å². The molecule has 0 radical (unpaired) electrons. The van der Waals surface area contributed by atoms with Gasteiger partial charge in [-0.3, -0.25) is 10.2 Å². The van der Waals surface area contributed by atoms with E-state index in [9.17, 15) is 4.79 Å². The number of ether oxygens (including phenoxy) is 1. The van der Waals surface area contributed by atoms with Crippen molar-refractivity contribution in [1.29, 1.82) is 0 Å². The van der Waals surface area contributed by atoms with Crippen LogP contribution in [-0.4, -0.2) is 45.7 Å². The monoisotopic (exact) mass is 265 g/mol. The van der Waals surface area contributed by atoms with Crippen molar-refractivity contribution in [3.8, 4) is 5.75 Å². The zero-order chi connectivity index (χ0) is 13.7. The van der Waals surface area contributed by atoms with Crippen molar-refractivity contribution in [2.75, 3.05) is 44.7 Å². The lowest BCUT2D eigenvalue weighted by atomic mass is 10.2. The molecule has 6 heteroatoms. The van der Waals surface area contributed by atoms with E-state index in [1.807, 2.05) is 12.1 Å². The normalized spacial score (nSPS) is 16.2. The smallest absolute Gasteiger partial charge is 0.289 e. The van der Waals surface area contributed by atoms with Gasteiger partial charge in [-0.25, -0.2) is 5.84 Å². The minimum absolute atomic E-state index is 0.104. The molecule has 1 heterocycles. The van der Waals surface area contributed by atoms with Crippen LogP contribution in [0.15, 0.2) is 24.3 Å². The van der Waals surface area contributed by atoms with Crippen LogP contribution in [0.25, 0.3) is 0 Å². The second-order valence-corrected chi connectivity index (χ2v) is 4.68. The fraction of sp³-hybridized carbons (Fsp3) is 0.462. The molecule has 0 aliphatic carbocycles. The second kappa shape index (κ2) is 6.40. The highest BCUT2D eigenvalue weighted by atomic mass is 16.5. The third kappa shape index (κ3) is 3.59. The van der Waals surface area contributed by atoms with Gasteiger partial charge in [-0.1, -0.05) is 0 Å². The first-order valence-corrected chi connectivity index (χ1v) is 6.45. The number of hydrogen-bond donors (Lipinski definition) is 3. The number of hydrogen-bond acceptors (Lipinski definition) is 4. The summed E-state index contributed by atoms with van der Waals surface area (Å²) in [6.07, 6.45) is 0. The van der Waals surface area contributed by atoms with Gasteiger partial charge in [0.25, 0.3) is 5.91 Å². The number of nitrogens with zero attached hydrogens (tertiary/aromatic N) is 1. The molecular formula is C13H21N4O2+. The van der Waals surface area contributed by atoms with Crippen molar-refractivity contribution in [3.63, 3.8) is 0 Å². The van der Waals surface area contributed by atoms with Crippen LogP contribution >= 0.6 is 0 Å². The second-order valence-electron chi connectivity index (χ2n) is 4.68. The van der Waals surface area contributed by atoms with Crippen LogP contribution in [0.3, 0.4) is 0 Å². The van der Waals surface area contributed by atoms with E-state index in [1.54, 1.807) is 7.11 Å². The fourth-order valence-corrected chi connectivity index (χ4v) is 2.33. The van der Waals surface area contributed by atoms with Crippen molar-refractivity contribution in [3.05, 3.63) is 24.3 Å². The standard InChI is InChI=1S/C13H20N4O2/c1-19-12-4-2-11(3-5-12)17-8-6-16(7-9-17)10-13(18)15-14/h2-5H,6-10,14H2,1H3,(H,15,18)/p+1. The lowest BCUT2D eigenvalue weighted by molar-refractivity contribution is -0.892. The summed E-state index contributed by atoms with van der Waals surface area (Å²) in [4.78, 5) is 14.8. The summed E-state index contributed by atoms with van der Waals surface area (Å²) in [6, 6.07) is 8.07. The molecule has 0 atom stereocenters. The Morgan fingerprint density at radius 2 is 2.00 bits per heavy atom. The van der Waals surface area contributed by atoms with Gasteiger partial charge in [0.05, 0.1) is 33.3 Å². The summed E-state index contributed by atoms with van der Waals surface area (Å²) in [7, 11) is 1.67. The van der Waals surface area contributed by atoms with Gasteiger partial charge in [0.2, 0.25) is 0 Å². The van der Waals surface area contributed by atoms with E-state index < -0.39 is 0 Å². The molecule has 1 aromatic rings. The Kier molecular flexibility index (Phi) is 4.59. The highest BCUT2D eigenvalue weighted by Crippen LogP contribution is 2.18. The predicted molar refractivity (Wildman–Crippen MR) is 73.1 cm³/mol. The Balaban J connectivity index is 1.86. The molecule has 0 saturated carbocycles. The molecule has 1 fully saturated rings. The molecule has 1 amide bonds. The number of carbonyl (C=O) groups is 1. The molecule has 1 aromatic carbocycles. The Bertz CT molecular complexity index is 413. The molecule has 6 nitrogen and oxygen atoms in total. The van der Waals surface area contributed by atoms with E-state index >= 15 is 0 Å². The summed E-state index contributed by atoms with van der Waals surface area (Å²) in [5.74, 6) is 5.86. The molecule has 0 unspecified atom stereocenters.